The third kappa shape index (κ3) is 5.23. The lowest BCUT2D eigenvalue weighted by Gasteiger charge is -2.35. The van der Waals surface area contributed by atoms with Crippen molar-refractivity contribution in [2.75, 3.05) is 47.8 Å². The fourth-order valence-corrected chi connectivity index (χ4v) is 5.76. The molecule has 2 aromatic heterocycles. The maximum atomic E-state index is 15.0. The van der Waals surface area contributed by atoms with Gasteiger partial charge in [0.15, 0.2) is 5.82 Å². The summed E-state index contributed by atoms with van der Waals surface area (Å²) in [5.41, 5.74) is 2.58. The molecule has 0 bridgehead atoms. The van der Waals surface area contributed by atoms with Crippen molar-refractivity contribution >= 4 is 52.6 Å². The van der Waals surface area contributed by atoms with E-state index in [2.05, 4.69) is 26.7 Å². The quantitative estimate of drug-likeness (QED) is 0.351. The third-order valence-electron chi connectivity index (χ3n) is 6.68. The number of aromatic amines is 1. The Hall–Kier alpha value is -2.46. The van der Waals surface area contributed by atoms with Gasteiger partial charge in [-0.1, -0.05) is 0 Å². The molecule has 186 valence electrons. The van der Waals surface area contributed by atoms with Gasteiger partial charge in [-0.3, -0.25) is 5.10 Å². The number of rotatable bonds is 8. The van der Waals surface area contributed by atoms with Gasteiger partial charge in [0.25, 0.3) is 0 Å². The summed E-state index contributed by atoms with van der Waals surface area (Å²) in [5.74, 6) is 3.07. The van der Waals surface area contributed by atoms with Crippen LogP contribution in [0.4, 0.5) is 33.5 Å². The Morgan fingerprint density at radius 1 is 1.17 bits per heavy atom. The molecule has 0 radical (unpaired) electrons. The lowest BCUT2D eigenvalue weighted by atomic mass is 10.1. The smallest absolute Gasteiger partial charge is 0.233 e. The predicted molar refractivity (Wildman–Crippen MR) is 146 cm³/mol. The topological polar surface area (TPSA) is 73.0 Å². The molecule has 1 aromatic carbocycles. The second-order valence-electron chi connectivity index (χ2n) is 9.27. The first kappa shape index (κ1) is 24.2. The number of thioether (sulfide) groups is 2. The molecule has 3 heterocycles. The molecule has 5 rings (SSSR count). The molecule has 2 aliphatic rings. The molecular formula is C25H32FN7S2. The van der Waals surface area contributed by atoms with Gasteiger partial charge in [0.2, 0.25) is 5.95 Å². The normalized spacial score (nSPS) is 18.1. The highest BCUT2D eigenvalue weighted by atomic mass is 32.2. The number of aromatic nitrogens is 4. The average molecular weight is 514 g/mol. The molecule has 1 aliphatic carbocycles. The number of H-pyrrole nitrogens is 1. The van der Waals surface area contributed by atoms with Crippen LogP contribution in [-0.4, -0.2) is 58.1 Å². The first-order chi connectivity index (χ1) is 17.0. The van der Waals surface area contributed by atoms with Crippen molar-refractivity contribution in [3.8, 4) is 0 Å². The molecule has 1 saturated heterocycles. The van der Waals surface area contributed by atoms with Gasteiger partial charge in [-0.25, -0.2) is 4.39 Å². The first-order valence-corrected chi connectivity index (χ1v) is 14.5. The maximum Gasteiger partial charge on any atom is 0.233 e. The Bertz CT molecular complexity index is 1200. The van der Waals surface area contributed by atoms with E-state index >= 15 is 4.39 Å². The standard InChI is InChI=1S/C25H32FN7S2/c1-15-12-21(31-30-15)27-23-22(16-7-8-16)24(33-11-5-6-18(14-33)35-4)29-25(28-23)32(2)20-10-9-17(34-3)13-19(20)26/h9-10,12-13,16,18H,5-8,11,14H2,1-4H3,(H2,27,28,29,30,31). The summed E-state index contributed by atoms with van der Waals surface area (Å²) in [6.45, 7) is 3.90. The van der Waals surface area contributed by atoms with Crippen LogP contribution >= 0.6 is 23.5 Å². The highest BCUT2D eigenvalue weighted by molar-refractivity contribution is 7.99. The Labute approximate surface area is 214 Å². The van der Waals surface area contributed by atoms with E-state index in [9.17, 15) is 0 Å². The van der Waals surface area contributed by atoms with Crippen LogP contribution in [0, 0.1) is 12.7 Å². The van der Waals surface area contributed by atoms with E-state index in [4.69, 9.17) is 9.97 Å². The van der Waals surface area contributed by atoms with Crippen molar-refractivity contribution in [1.82, 2.24) is 20.2 Å². The van der Waals surface area contributed by atoms with Crippen molar-refractivity contribution in [3.63, 3.8) is 0 Å². The predicted octanol–water partition coefficient (Wildman–Crippen LogP) is 6.09. The van der Waals surface area contributed by atoms with Crippen molar-refractivity contribution < 1.29 is 4.39 Å². The van der Waals surface area contributed by atoms with E-state index in [1.54, 1.807) is 17.0 Å². The Morgan fingerprint density at radius 2 is 2.00 bits per heavy atom. The molecule has 35 heavy (non-hydrogen) atoms. The maximum absolute atomic E-state index is 15.0. The van der Waals surface area contributed by atoms with Gasteiger partial charge in [-0.15, -0.1) is 11.8 Å². The van der Waals surface area contributed by atoms with Gasteiger partial charge in [0.05, 0.1) is 5.69 Å². The molecule has 1 saturated carbocycles. The van der Waals surface area contributed by atoms with E-state index in [-0.39, 0.29) is 5.82 Å². The second kappa shape index (κ2) is 10.3. The average Bonchev–Trinajstić information content (AvgIpc) is 3.63. The summed E-state index contributed by atoms with van der Waals surface area (Å²) in [6, 6.07) is 7.26. The van der Waals surface area contributed by atoms with Crippen LogP contribution in [-0.2, 0) is 0 Å². The summed E-state index contributed by atoms with van der Waals surface area (Å²) in [7, 11) is 1.83. The van der Waals surface area contributed by atoms with Gasteiger partial charge in [-0.05, 0) is 69.2 Å². The van der Waals surface area contributed by atoms with Crippen molar-refractivity contribution in [3.05, 3.63) is 41.3 Å². The van der Waals surface area contributed by atoms with E-state index in [0.29, 0.717) is 22.8 Å². The Morgan fingerprint density at radius 3 is 2.66 bits per heavy atom. The van der Waals surface area contributed by atoms with Crippen LogP contribution < -0.4 is 15.1 Å². The minimum absolute atomic E-state index is 0.284. The van der Waals surface area contributed by atoms with E-state index in [0.717, 1.165) is 66.0 Å². The van der Waals surface area contributed by atoms with Crippen LogP contribution in [0.15, 0.2) is 29.2 Å². The molecule has 1 atom stereocenters. The largest absolute Gasteiger partial charge is 0.355 e. The minimum Gasteiger partial charge on any atom is -0.355 e. The number of benzene rings is 1. The second-order valence-corrected chi connectivity index (χ2v) is 11.3. The Kier molecular flexibility index (Phi) is 7.11. The number of hydrogen-bond donors (Lipinski definition) is 2. The van der Waals surface area contributed by atoms with Gasteiger partial charge >= 0.3 is 0 Å². The van der Waals surface area contributed by atoms with Crippen molar-refractivity contribution in [2.45, 2.75) is 48.7 Å². The molecular weight excluding hydrogens is 481 g/mol. The molecule has 0 amide bonds. The number of nitrogens with one attached hydrogen (secondary N) is 2. The van der Waals surface area contributed by atoms with Gasteiger partial charge < -0.3 is 15.1 Å². The fraction of sp³-hybridized carbons (Fsp3) is 0.480. The van der Waals surface area contributed by atoms with E-state index in [1.807, 2.05) is 44.1 Å². The highest BCUT2D eigenvalue weighted by Gasteiger charge is 2.35. The molecule has 2 fully saturated rings. The first-order valence-electron chi connectivity index (χ1n) is 12.0. The molecule has 1 aliphatic heterocycles. The lowest BCUT2D eigenvalue weighted by molar-refractivity contribution is 0.583. The van der Waals surface area contributed by atoms with Crippen LogP contribution in [0.3, 0.4) is 0 Å². The minimum atomic E-state index is -0.284. The molecule has 7 nitrogen and oxygen atoms in total. The van der Waals surface area contributed by atoms with Gasteiger partial charge in [-0.2, -0.15) is 26.8 Å². The summed E-state index contributed by atoms with van der Waals surface area (Å²) >= 11 is 3.44. The molecule has 10 heteroatoms. The lowest BCUT2D eigenvalue weighted by Crippen LogP contribution is -2.38. The van der Waals surface area contributed by atoms with Gasteiger partial charge in [0, 0.05) is 47.6 Å². The van der Waals surface area contributed by atoms with Crippen LogP contribution in [0.1, 0.15) is 42.9 Å². The highest BCUT2D eigenvalue weighted by Crippen LogP contribution is 2.48. The monoisotopic (exact) mass is 513 g/mol. The number of hydrogen-bond acceptors (Lipinski definition) is 8. The summed E-state index contributed by atoms with van der Waals surface area (Å²) in [4.78, 5) is 15.1. The summed E-state index contributed by atoms with van der Waals surface area (Å²) in [5, 5.41) is 11.4. The van der Waals surface area contributed by atoms with E-state index in [1.165, 1.54) is 18.2 Å². The number of piperidine rings is 1. The summed E-state index contributed by atoms with van der Waals surface area (Å²) in [6.07, 6.45) is 8.74. The Balaban J connectivity index is 1.60. The number of nitrogens with zero attached hydrogens (tertiary/aromatic N) is 5. The molecule has 1 unspecified atom stereocenters. The van der Waals surface area contributed by atoms with Crippen LogP contribution in [0.5, 0.6) is 0 Å². The zero-order valence-electron chi connectivity index (χ0n) is 20.6. The van der Waals surface area contributed by atoms with Crippen molar-refractivity contribution in [2.24, 2.45) is 0 Å². The number of anilines is 5. The van der Waals surface area contributed by atoms with E-state index < -0.39 is 0 Å². The SMILES string of the molecule is CSc1ccc(N(C)c2nc(Nc3cc(C)[nH]n3)c(C3CC3)c(N3CCCC(SC)C3)n2)c(F)c1. The zero-order chi connectivity index (χ0) is 24.5. The molecule has 0 spiro atoms. The number of aryl methyl sites for hydroxylation is 1. The summed E-state index contributed by atoms with van der Waals surface area (Å²) < 4.78 is 15.0. The molecule has 2 N–H and O–H groups in total. The zero-order valence-corrected chi connectivity index (χ0v) is 22.3. The van der Waals surface area contributed by atoms with Crippen molar-refractivity contribution in [1.29, 1.82) is 0 Å². The fourth-order valence-electron chi connectivity index (χ4n) is 4.60. The van der Waals surface area contributed by atoms with Crippen LogP contribution in [0.25, 0.3) is 0 Å². The molecule has 3 aromatic rings. The van der Waals surface area contributed by atoms with Crippen LogP contribution in [0.2, 0.25) is 0 Å². The third-order valence-corrected chi connectivity index (χ3v) is 8.46. The van der Waals surface area contributed by atoms with Gasteiger partial charge in [0.1, 0.15) is 17.5 Å². The number of halogens is 1.